The van der Waals surface area contributed by atoms with Crippen LogP contribution in [-0.4, -0.2) is 12.5 Å². The second kappa shape index (κ2) is 6.59. The molecule has 3 heteroatoms. The highest BCUT2D eigenvalue weighted by Gasteiger charge is 2.08. The third kappa shape index (κ3) is 3.58. The number of oxime groups is 1. The van der Waals surface area contributed by atoms with Crippen LogP contribution in [-0.2, 0) is 4.84 Å². The molecule has 98 valence electrons. The molecule has 0 saturated carbocycles. The normalized spacial score (nSPS) is 11.2. The first-order valence-electron chi connectivity index (χ1n) is 6.30. The fraction of sp³-hybridized carbons (Fsp3) is 0.188. The lowest BCUT2D eigenvalue weighted by molar-refractivity contribution is 0.153. The summed E-state index contributed by atoms with van der Waals surface area (Å²) in [5.74, 6) is 1.25. The summed E-state index contributed by atoms with van der Waals surface area (Å²) in [6.45, 7) is 4.39. The summed E-state index contributed by atoms with van der Waals surface area (Å²) in [6, 6.07) is 17.5. The molecule has 0 heterocycles. The van der Waals surface area contributed by atoms with Crippen molar-refractivity contribution >= 4 is 5.90 Å². The van der Waals surface area contributed by atoms with Crippen molar-refractivity contribution < 1.29 is 9.57 Å². The fourth-order valence-corrected chi connectivity index (χ4v) is 1.61. The van der Waals surface area contributed by atoms with Crippen molar-refractivity contribution in [1.29, 1.82) is 0 Å². The molecule has 2 aromatic rings. The third-order valence-electron chi connectivity index (χ3n) is 2.60. The van der Waals surface area contributed by atoms with Gasteiger partial charge in [0.1, 0.15) is 12.4 Å². The SMILES string of the molecule is CCON=C(Oc1ccccc1C)c1ccccc1. The molecule has 19 heavy (non-hydrogen) atoms. The Labute approximate surface area is 113 Å². The molecular weight excluding hydrogens is 238 g/mol. The zero-order chi connectivity index (χ0) is 13.5. The van der Waals surface area contributed by atoms with Crippen molar-refractivity contribution in [2.45, 2.75) is 13.8 Å². The summed E-state index contributed by atoms with van der Waals surface area (Å²) in [5.41, 5.74) is 1.95. The standard InChI is InChI=1S/C16H17NO2/c1-3-18-17-16(14-10-5-4-6-11-14)19-15-12-8-7-9-13(15)2/h4-12H,3H2,1-2H3. The van der Waals surface area contributed by atoms with Crippen LogP contribution in [0.15, 0.2) is 59.8 Å². The summed E-state index contributed by atoms with van der Waals surface area (Å²) in [7, 11) is 0. The molecule has 0 fully saturated rings. The molecule has 0 aliphatic heterocycles. The van der Waals surface area contributed by atoms with Crippen LogP contribution in [0.5, 0.6) is 5.75 Å². The average Bonchev–Trinajstić information content (AvgIpc) is 2.46. The summed E-state index contributed by atoms with van der Waals surface area (Å²) in [4.78, 5) is 5.13. The van der Waals surface area contributed by atoms with Gasteiger partial charge in [-0.1, -0.05) is 36.4 Å². The van der Waals surface area contributed by atoms with E-state index < -0.39 is 0 Å². The first kappa shape index (κ1) is 13.1. The number of rotatable bonds is 4. The molecule has 0 amide bonds. The Morgan fingerprint density at radius 1 is 1.00 bits per heavy atom. The van der Waals surface area contributed by atoms with E-state index in [1.165, 1.54) is 0 Å². The van der Waals surface area contributed by atoms with Crippen molar-refractivity contribution in [2.24, 2.45) is 5.16 Å². The summed E-state index contributed by atoms with van der Waals surface area (Å²) in [6.07, 6.45) is 0. The van der Waals surface area contributed by atoms with Gasteiger partial charge < -0.3 is 9.57 Å². The van der Waals surface area contributed by atoms with Gasteiger partial charge >= 0.3 is 0 Å². The molecule has 2 rings (SSSR count). The number of ether oxygens (including phenoxy) is 1. The topological polar surface area (TPSA) is 30.8 Å². The molecule has 0 N–H and O–H groups in total. The van der Waals surface area contributed by atoms with Gasteiger partial charge in [-0.2, -0.15) is 0 Å². The minimum atomic E-state index is 0.469. The van der Waals surface area contributed by atoms with Crippen LogP contribution in [0.3, 0.4) is 0 Å². The van der Waals surface area contributed by atoms with E-state index in [2.05, 4.69) is 5.16 Å². The second-order valence-corrected chi connectivity index (χ2v) is 4.05. The number of benzene rings is 2. The van der Waals surface area contributed by atoms with E-state index in [1.807, 2.05) is 68.4 Å². The zero-order valence-electron chi connectivity index (χ0n) is 11.2. The van der Waals surface area contributed by atoms with E-state index in [0.717, 1.165) is 16.9 Å². The zero-order valence-corrected chi connectivity index (χ0v) is 11.2. The van der Waals surface area contributed by atoms with Gasteiger partial charge in [0, 0.05) is 5.56 Å². The highest BCUT2D eigenvalue weighted by molar-refractivity contribution is 5.95. The van der Waals surface area contributed by atoms with Gasteiger partial charge in [-0.3, -0.25) is 0 Å². The fourth-order valence-electron chi connectivity index (χ4n) is 1.61. The monoisotopic (exact) mass is 255 g/mol. The predicted octanol–water partition coefficient (Wildman–Crippen LogP) is 3.77. The van der Waals surface area contributed by atoms with Crippen LogP contribution in [0, 0.1) is 6.92 Å². The smallest absolute Gasteiger partial charge is 0.263 e. The maximum absolute atomic E-state index is 5.86. The molecule has 0 aliphatic carbocycles. The van der Waals surface area contributed by atoms with E-state index in [9.17, 15) is 0 Å². The maximum atomic E-state index is 5.86. The van der Waals surface area contributed by atoms with Crippen LogP contribution >= 0.6 is 0 Å². The quantitative estimate of drug-likeness (QED) is 0.473. The van der Waals surface area contributed by atoms with Crippen molar-refractivity contribution in [2.75, 3.05) is 6.61 Å². The molecule has 0 aliphatic rings. The molecule has 0 radical (unpaired) electrons. The second-order valence-electron chi connectivity index (χ2n) is 4.05. The van der Waals surface area contributed by atoms with Crippen molar-refractivity contribution in [3.05, 3.63) is 65.7 Å². The van der Waals surface area contributed by atoms with Crippen molar-refractivity contribution in [3.63, 3.8) is 0 Å². The van der Waals surface area contributed by atoms with Crippen LogP contribution in [0.25, 0.3) is 0 Å². The largest absolute Gasteiger partial charge is 0.436 e. The van der Waals surface area contributed by atoms with E-state index in [1.54, 1.807) is 0 Å². The Morgan fingerprint density at radius 3 is 2.37 bits per heavy atom. The molecule has 3 nitrogen and oxygen atoms in total. The summed E-state index contributed by atoms with van der Waals surface area (Å²) < 4.78 is 5.86. The maximum Gasteiger partial charge on any atom is 0.263 e. The lowest BCUT2D eigenvalue weighted by Gasteiger charge is -2.10. The molecule has 0 unspecified atom stereocenters. The number of hydrogen-bond acceptors (Lipinski definition) is 3. The first-order valence-corrected chi connectivity index (χ1v) is 6.30. The van der Waals surface area contributed by atoms with Crippen molar-refractivity contribution in [1.82, 2.24) is 0 Å². The average molecular weight is 255 g/mol. The molecular formula is C16H17NO2. The molecule has 0 bridgehead atoms. The van der Waals surface area contributed by atoms with Gasteiger partial charge in [0.25, 0.3) is 5.90 Å². The minimum Gasteiger partial charge on any atom is -0.436 e. The van der Waals surface area contributed by atoms with Gasteiger partial charge in [0.05, 0.1) is 0 Å². The number of aryl methyl sites for hydroxylation is 1. The van der Waals surface area contributed by atoms with E-state index in [-0.39, 0.29) is 0 Å². The Balaban J connectivity index is 2.27. The van der Waals surface area contributed by atoms with E-state index in [0.29, 0.717) is 12.5 Å². The van der Waals surface area contributed by atoms with Crippen LogP contribution in [0.2, 0.25) is 0 Å². The molecule has 2 aromatic carbocycles. The lowest BCUT2D eigenvalue weighted by Crippen LogP contribution is -2.11. The molecule has 0 saturated heterocycles. The van der Waals surface area contributed by atoms with Gasteiger partial charge in [0.15, 0.2) is 0 Å². The molecule has 0 atom stereocenters. The summed E-state index contributed by atoms with van der Waals surface area (Å²) >= 11 is 0. The van der Waals surface area contributed by atoms with E-state index in [4.69, 9.17) is 9.57 Å². The Morgan fingerprint density at radius 2 is 1.68 bits per heavy atom. The molecule has 0 spiro atoms. The van der Waals surface area contributed by atoms with Gasteiger partial charge in [0.2, 0.25) is 0 Å². The predicted molar refractivity (Wildman–Crippen MR) is 76.4 cm³/mol. The minimum absolute atomic E-state index is 0.469. The first-order chi connectivity index (χ1) is 9.31. The summed E-state index contributed by atoms with van der Waals surface area (Å²) in [5, 5.41) is 4.04. The molecule has 0 aromatic heterocycles. The third-order valence-corrected chi connectivity index (χ3v) is 2.60. The highest BCUT2D eigenvalue weighted by Crippen LogP contribution is 2.18. The van der Waals surface area contributed by atoms with Gasteiger partial charge in [-0.05, 0) is 42.8 Å². The Kier molecular flexibility index (Phi) is 4.56. The number of nitrogens with zero attached hydrogens (tertiary/aromatic N) is 1. The van der Waals surface area contributed by atoms with Gasteiger partial charge in [-0.15, -0.1) is 0 Å². The highest BCUT2D eigenvalue weighted by atomic mass is 16.6. The number of hydrogen-bond donors (Lipinski definition) is 0. The number of para-hydroxylation sites is 1. The van der Waals surface area contributed by atoms with Gasteiger partial charge in [-0.25, -0.2) is 0 Å². The van der Waals surface area contributed by atoms with E-state index >= 15 is 0 Å². The van der Waals surface area contributed by atoms with Crippen LogP contribution < -0.4 is 4.74 Å². The Bertz CT molecular complexity index is 550. The van der Waals surface area contributed by atoms with Crippen molar-refractivity contribution in [3.8, 4) is 5.75 Å². The lowest BCUT2D eigenvalue weighted by atomic mass is 10.2. The van der Waals surface area contributed by atoms with Crippen LogP contribution in [0.4, 0.5) is 0 Å². The Hall–Kier alpha value is -2.29. The van der Waals surface area contributed by atoms with Crippen LogP contribution in [0.1, 0.15) is 18.1 Å².